The zero-order valence-corrected chi connectivity index (χ0v) is 10.8. The van der Waals surface area contributed by atoms with Crippen LogP contribution in [-0.2, 0) is 10.0 Å². The Morgan fingerprint density at radius 3 is 2.07 bits per heavy atom. The fourth-order valence-corrected chi connectivity index (χ4v) is 2.95. The fraction of sp³-hybridized carbons (Fsp3) is 1.00. The average Bonchev–Trinajstić information content (AvgIpc) is 2.01. The van der Waals surface area contributed by atoms with Crippen LogP contribution in [0.4, 0.5) is 0 Å². The third-order valence-electron chi connectivity index (χ3n) is 2.33. The average molecular weight is 221 g/mol. The molecule has 1 atom stereocenters. The molecular weight excluding hydrogens is 198 g/mol. The SMILES string of the molecule is CCCS(=O)(=O)N(C)C(C)CC(C)C. The summed E-state index contributed by atoms with van der Waals surface area (Å²) in [7, 11) is -1.34. The standard InChI is InChI=1S/C10H23NO2S/c1-6-7-14(12,13)11(5)10(4)8-9(2)3/h9-10H,6-8H2,1-5H3. The topological polar surface area (TPSA) is 37.4 Å². The maximum atomic E-state index is 11.7. The van der Waals surface area contributed by atoms with E-state index < -0.39 is 10.0 Å². The Bertz CT molecular complexity index is 247. The summed E-state index contributed by atoms with van der Waals surface area (Å²) in [4.78, 5) is 0. The van der Waals surface area contributed by atoms with Crippen LogP contribution in [0, 0.1) is 5.92 Å². The molecular formula is C10H23NO2S. The summed E-state index contributed by atoms with van der Waals surface area (Å²) in [5, 5.41) is 0. The van der Waals surface area contributed by atoms with E-state index in [2.05, 4.69) is 13.8 Å². The van der Waals surface area contributed by atoms with E-state index >= 15 is 0 Å². The minimum Gasteiger partial charge on any atom is -0.212 e. The van der Waals surface area contributed by atoms with Gasteiger partial charge in [-0.2, -0.15) is 0 Å². The number of rotatable bonds is 6. The second-order valence-corrected chi connectivity index (χ2v) is 6.46. The van der Waals surface area contributed by atoms with Crippen molar-refractivity contribution in [2.24, 2.45) is 5.92 Å². The van der Waals surface area contributed by atoms with E-state index in [1.807, 2.05) is 13.8 Å². The van der Waals surface area contributed by atoms with E-state index in [4.69, 9.17) is 0 Å². The lowest BCUT2D eigenvalue weighted by Crippen LogP contribution is -2.37. The van der Waals surface area contributed by atoms with Crippen molar-refractivity contribution in [3.8, 4) is 0 Å². The first kappa shape index (κ1) is 13.9. The second kappa shape index (κ2) is 5.71. The summed E-state index contributed by atoms with van der Waals surface area (Å²) in [5.41, 5.74) is 0. The number of hydrogen-bond acceptors (Lipinski definition) is 2. The first-order valence-corrected chi connectivity index (χ1v) is 6.87. The van der Waals surface area contributed by atoms with Gasteiger partial charge in [0, 0.05) is 13.1 Å². The smallest absolute Gasteiger partial charge is 0.212 e. The molecule has 0 bridgehead atoms. The molecule has 86 valence electrons. The van der Waals surface area contributed by atoms with E-state index in [0.717, 1.165) is 6.42 Å². The molecule has 0 aromatic rings. The monoisotopic (exact) mass is 221 g/mol. The summed E-state index contributed by atoms with van der Waals surface area (Å²) in [6.07, 6.45) is 1.60. The first-order valence-electron chi connectivity index (χ1n) is 5.27. The van der Waals surface area contributed by atoms with Crippen LogP contribution in [0.15, 0.2) is 0 Å². The molecule has 0 aliphatic heterocycles. The molecule has 0 radical (unpaired) electrons. The molecule has 4 heteroatoms. The van der Waals surface area contributed by atoms with Gasteiger partial charge in [0.25, 0.3) is 0 Å². The third-order valence-corrected chi connectivity index (χ3v) is 4.50. The first-order chi connectivity index (χ1) is 6.31. The Morgan fingerprint density at radius 1 is 1.21 bits per heavy atom. The van der Waals surface area contributed by atoms with E-state index in [0.29, 0.717) is 12.3 Å². The highest BCUT2D eigenvalue weighted by Crippen LogP contribution is 2.13. The van der Waals surface area contributed by atoms with Crippen molar-refractivity contribution in [3.05, 3.63) is 0 Å². The summed E-state index contributed by atoms with van der Waals surface area (Å²) in [6, 6.07) is 0.103. The van der Waals surface area contributed by atoms with Gasteiger partial charge in [0.05, 0.1) is 5.75 Å². The summed E-state index contributed by atoms with van der Waals surface area (Å²) in [5.74, 6) is 0.788. The minimum absolute atomic E-state index is 0.103. The molecule has 0 aliphatic rings. The van der Waals surface area contributed by atoms with Crippen LogP contribution in [0.2, 0.25) is 0 Å². The molecule has 0 saturated carbocycles. The van der Waals surface area contributed by atoms with Crippen LogP contribution in [-0.4, -0.2) is 31.6 Å². The van der Waals surface area contributed by atoms with E-state index in [1.54, 1.807) is 7.05 Å². The van der Waals surface area contributed by atoms with Gasteiger partial charge in [-0.1, -0.05) is 20.8 Å². The van der Waals surface area contributed by atoms with Crippen LogP contribution < -0.4 is 0 Å². The van der Waals surface area contributed by atoms with Crippen molar-refractivity contribution in [1.29, 1.82) is 0 Å². The van der Waals surface area contributed by atoms with Crippen molar-refractivity contribution in [1.82, 2.24) is 4.31 Å². The van der Waals surface area contributed by atoms with E-state index in [1.165, 1.54) is 4.31 Å². The molecule has 14 heavy (non-hydrogen) atoms. The van der Waals surface area contributed by atoms with Crippen LogP contribution in [0.1, 0.15) is 40.5 Å². The van der Waals surface area contributed by atoms with E-state index in [9.17, 15) is 8.42 Å². The molecule has 0 aliphatic carbocycles. The van der Waals surface area contributed by atoms with Gasteiger partial charge in [-0.05, 0) is 25.7 Å². The highest BCUT2D eigenvalue weighted by Gasteiger charge is 2.22. The van der Waals surface area contributed by atoms with Gasteiger partial charge < -0.3 is 0 Å². The van der Waals surface area contributed by atoms with Gasteiger partial charge in [-0.25, -0.2) is 12.7 Å². The molecule has 0 amide bonds. The quantitative estimate of drug-likeness (QED) is 0.689. The lowest BCUT2D eigenvalue weighted by Gasteiger charge is -2.25. The fourth-order valence-electron chi connectivity index (χ4n) is 1.51. The Hall–Kier alpha value is -0.0900. The van der Waals surface area contributed by atoms with Crippen molar-refractivity contribution in [2.75, 3.05) is 12.8 Å². The molecule has 0 heterocycles. The van der Waals surface area contributed by atoms with Crippen LogP contribution in [0.3, 0.4) is 0 Å². The maximum absolute atomic E-state index is 11.7. The molecule has 0 rings (SSSR count). The molecule has 0 fully saturated rings. The summed E-state index contributed by atoms with van der Waals surface area (Å²) < 4.78 is 24.9. The zero-order chi connectivity index (χ0) is 11.4. The summed E-state index contributed by atoms with van der Waals surface area (Å²) in [6.45, 7) is 8.07. The van der Waals surface area contributed by atoms with Crippen LogP contribution in [0.25, 0.3) is 0 Å². The Morgan fingerprint density at radius 2 is 1.71 bits per heavy atom. The predicted octanol–water partition coefficient (Wildman–Crippen LogP) is 2.09. The Balaban J connectivity index is 4.37. The lowest BCUT2D eigenvalue weighted by molar-refractivity contribution is 0.337. The van der Waals surface area contributed by atoms with Crippen LogP contribution >= 0.6 is 0 Å². The molecule has 3 nitrogen and oxygen atoms in total. The van der Waals surface area contributed by atoms with Crippen molar-refractivity contribution < 1.29 is 8.42 Å². The Labute approximate surface area is 88.5 Å². The van der Waals surface area contributed by atoms with Crippen molar-refractivity contribution >= 4 is 10.0 Å². The second-order valence-electron chi connectivity index (χ2n) is 4.31. The number of hydrogen-bond donors (Lipinski definition) is 0. The molecule has 1 unspecified atom stereocenters. The highest BCUT2D eigenvalue weighted by molar-refractivity contribution is 7.89. The zero-order valence-electron chi connectivity index (χ0n) is 9.95. The van der Waals surface area contributed by atoms with Gasteiger partial charge >= 0.3 is 0 Å². The molecule has 0 aromatic heterocycles. The van der Waals surface area contributed by atoms with Gasteiger partial charge in [0.15, 0.2) is 0 Å². The predicted molar refractivity (Wildman–Crippen MR) is 60.8 cm³/mol. The molecule has 0 saturated heterocycles. The maximum Gasteiger partial charge on any atom is 0.214 e. The molecule has 0 spiro atoms. The van der Waals surface area contributed by atoms with Crippen molar-refractivity contribution in [2.45, 2.75) is 46.6 Å². The largest absolute Gasteiger partial charge is 0.214 e. The van der Waals surface area contributed by atoms with Gasteiger partial charge in [-0.15, -0.1) is 0 Å². The highest BCUT2D eigenvalue weighted by atomic mass is 32.2. The molecule has 0 aromatic carbocycles. The third kappa shape index (κ3) is 4.42. The van der Waals surface area contributed by atoms with Gasteiger partial charge in [0.1, 0.15) is 0 Å². The van der Waals surface area contributed by atoms with Crippen LogP contribution in [0.5, 0.6) is 0 Å². The minimum atomic E-state index is -3.02. The number of sulfonamides is 1. The normalized spacial score (nSPS) is 15.1. The van der Waals surface area contributed by atoms with Gasteiger partial charge in [-0.3, -0.25) is 0 Å². The number of nitrogens with zero attached hydrogens (tertiary/aromatic N) is 1. The van der Waals surface area contributed by atoms with Crippen molar-refractivity contribution in [3.63, 3.8) is 0 Å². The van der Waals surface area contributed by atoms with E-state index in [-0.39, 0.29) is 11.8 Å². The van der Waals surface area contributed by atoms with Gasteiger partial charge in [0.2, 0.25) is 10.0 Å². The summed E-state index contributed by atoms with van der Waals surface area (Å²) >= 11 is 0. The lowest BCUT2D eigenvalue weighted by atomic mass is 10.1. The Kier molecular flexibility index (Phi) is 5.67. The molecule has 0 N–H and O–H groups in total.